The number of hydrogen-bond acceptors (Lipinski definition) is 6. The van der Waals surface area contributed by atoms with E-state index in [0.29, 0.717) is 37.8 Å². The van der Waals surface area contributed by atoms with Crippen molar-refractivity contribution in [3.05, 3.63) is 24.0 Å². The Labute approximate surface area is 152 Å². The second kappa shape index (κ2) is 10.4. The van der Waals surface area contributed by atoms with Gasteiger partial charge in [0.15, 0.2) is 0 Å². The predicted octanol–water partition coefficient (Wildman–Crippen LogP) is 0.425. The van der Waals surface area contributed by atoms with Crippen molar-refractivity contribution < 1.29 is 24.5 Å². The van der Waals surface area contributed by atoms with Gasteiger partial charge in [-0.2, -0.15) is 0 Å². The van der Waals surface area contributed by atoms with Crippen LogP contribution in [0.15, 0.2) is 18.5 Å². The average Bonchev–Trinajstić information content (AvgIpc) is 2.52. The molecule has 26 heavy (non-hydrogen) atoms. The van der Waals surface area contributed by atoms with E-state index >= 15 is 0 Å². The number of rotatable bonds is 10. The number of pyridine rings is 1. The molecule has 2 heterocycles. The zero-order valence-electron chi connectivity index (χ0n) is 14.5. The molecule has 0 bridgehead atoms. The molecule has 0 radical (unpaired) electrons. The standard InChI is InChI=1S/C18H23N3O5/c22-17(23)11-21(12-18(24)25)7-3-1-2-4-14-8-16(10-19-9-14)26-13-15-5-6-20-15/h8-10,15,20H,1,3,5-7,11-13H2,(H,22,23)(H,24,25)/t15-/m0/s1. The van der Waals surface area contributed by atoms with Crippen molar-refractivity contribution in [3.63, 3.8) is 0 Å². The van der Waals surface area contributed by atoms with Crippen molar-refractivity contribution in [1.82, 2.24) is 15.2 Å². The third-order valence-corrected chi connectivity index (χ3v) is 3.82. The fraction of sp³-hybridized carbons (Fsp3) is 0.500. The Morgan fingerprint density at radius 2 is 2.04 bits per heavy atom. The van der Waals surface area contributed by atoms with Crippen molar-refractivity contribution in [1.29, 1.82) is 0 Å². The summed E-state index contributed by atoms with van der Waals surface area (Å²) in [5.41, 5.74) is 0.747. The highest BCUT2D eigenvalue weighted by molar-refractivity contribution is 5.72. The molecule has 1 aliphatic rings. The molecule has 0 amide bonds. The first-order valence-corrected chi connectivity index (χ1v) is 8.49. The van der Waals surface area contributed by atoms with E-state index in [0.717, 1.165) is 18.5 Å². The Kier molecular flexibility index (Phi) is 7.86. The number of carbonyl (C=O) groups is 2. The van der Waals surface area contributed by atoms with Crippen molar-refractivity contribution >= 4 is 11.9 Å². The fourth-order valence-corrected chi connectivity index (χ4v) is 2.41. The fourth-order valence-electron chi connectivity index (χ4n) is 2.41. The quantitative estimate of drug-likeness (QED) is 0.406. The number of ether oxygens (including phenoxy) is 1. The van der Waals surface area contributed by atoms with Crippen LogP contribution in [0.4, 0.5) is 0 Å². The number of unbranched alkanes of at least 4 members (excludes halogenated alkanes) is 1. The van der Waals surface area contributed by atoms with Crippen LogP contribution in [0.5, 0.6) is 5.75 Å². The minimum absolute atomic E-state index is 0.293. The van der Waals surface area contributed by atoms with Gasteiger partial charge >= 0.3 is 11.9 Å². The maximum absolute atomic E-state index is 10.7. The Morgan fingerprint density at radius 3 is 2.65 bits per heavy atom. The topological polar surface area (TPSA) is 112 Å². The number of hydrogen-bond donors (Lipinski definition) is 3. The molecule has 140 valence electrons. The summed E-state index contributed by atoms with van der Waals surface area (Å²) in [6, 6.07) is 2.24. The molecule has 1 aliphatic heterocycles. The third kappa shape index (κ3) is 7.51. The lowest BCUT2D eigenvalue weighted by atomic mass is 10.1. The molecule has 0 saturated carbocycles. The van der Waals surface area contributed by atoms with Crippen molar-refractivity contribution in [2.75, 3.05) is 32.8 Å². The summed E-state index contributed by atoms with van der Waals surface area (Å²) in [5, 5.41) is 20.8. The molecule has 3 N–H and O–H groups in total. The highest BCUT2D eigenvalue weighted by Gasteiger charge is 2.16. The van der Waals surface area contributed by atoms with Gasteiger partial charge in [0, 0.05) is 30.8 Å². The van der Waals surface area contributed by atoms with Crippen LogP contribution in [0.3, 0.4) is 0 Å². The zero-order chi connectivity index (χ0) is 18.8. The van der Waals surface area contributed by atoms with Crippen molar-refractivity contribution in [3.8, 4) is 17.6 Å². The lowest BCUT2D eigenvalue weighted by Gasteiger charge is -2.27. The molecule has 2 rings (SSSR count). The summed E-state index contributed by atoms with van der Waals surface area (Å²) in [5.74, 6) is 4.59. The van der Waals surface area contributed by atoms with Gasteiger partial charge in [-0.15, -0.1) is 0 Å². The molecule has 1 fully saturated rings. The Balaban J connectivity index is 1.75. The van der Waals surface area contributed by atoms with E-state index < -0.39 is 11.9 Å². The molecule has 1 aromatic rings. The number of carboxylic acids is 2. The number of aromatic nitrogens is 1. The SMILES string of the molecule is O=C(O)CN(CCCC#Cc1cncc(OC[C@@H]2CCN2)c1)CC(=O)O. The summed E-state index contributed by atoms with van der Waals surface area (Å²) in [6.07, 6.45) is 5.55. The van der Waals surface area contributed by atoms with Crippen LogP contribution >= 0.6 is 0 Å². The summed E-state index contributed by atoms with van der Waals surface area (Å²) in [6.45, 7) is 1.43. The number of carboxylic acid groups (broad SMARTS) is 2. The van der Waals surface area contributed by atoms with Crippen LogP contribution < -0.4 is 10.1 Å². The molecule has 1 saturated heterocycles. The lowest BCUT2D eigenvalue weighted by molar-refractivity contribution is -0.141. The first-order valence-electron chi connectivity index (χ1n) is 8.49. The highest BCUT2D eigenvalue weighted by atomic mass is 16.5. The summed E-state index contributed by atoms with van der Waals surface area (Å²) < 4.78 is 5.67. The van der Waals surface area contributed by atoms with Crippen LogP contribution in [-0.4, -0.2) is 70.9 Å². The normalized spacial score (nSPS) is 15.7. The summed E-state index contributed by atoms with van der Waals surface area (Å²) in [4.78, 5) is 26.9. The second-order valence-corrected chi connectivity index (χ2v) is 6.06. The van der Waals surface area contributed by atoms with Crippen LogP contribution in [0, 0.1) is 11.8 Å². The van der Waals surface area contributed by atoms with E-state index in [1.54, 1.807) is 12.4 Å². The van der Waals surface area contributed by atoms with Crippen LogP contribution in [0.25, 0.3) is 0 Å². The molecule has 0 aromatic carbocycles. The molecular weight excluding hydrogens is 338 g/mol. The molecule has 8 nitrogen and oxygen atoms in total. The molecule has 8 heteroatoms. The Morgan fingerprint density at radius 1 is 1.31 bits per heavy atom. The maximum Gasteiger partial charge on any atom is 0.317 e. The van der Waals surface area contributed by atoms with Gasteiger partial charge < -0.3 is 20.3 Å². The van der Waals surface area contributed by atoms with Gasteiger partial charge in [-0.05, 0) is 25.5 Å². The van der Waals surface area contributed by atoms with E-state index in [4.69, 9.17) is 14.9 Å². The van der Waals surface area contributed by atoms with E-state index in [9.17, 15) is 9.59 Å². The van der Waals surface area contributed by atoms with Gasteiger partial charge in [-0.3, -0.25) is 19.5 Å². The number of nitrogens with zero attached hydrogens (tertiary/aromatic N) is 2. The molecule has 0 unspecified atom stereocenters. The van der Waals surface area contributed by atoms with E-state index in [2.05, 4.69) is 22.1 Å². The average molecular weight is 361 g/mol. The van der Waals surface area contributed by atoms with Gasteiger partial charge in [0.05, 0.1) is 19.3 Å². The van der Waals surface area contributed by atoms with E-state index in [1.165, 1.54) is 4.90 Å². The monoisotopic (exact) mass is 361 g/mol. The van der Waals surface area contributed by atoms with Gasteiger partial charge in [-0.25, -0.2) is 0 Å². The van der Waals surface area contributed by atoms with Crippen LogP contribution in [0.1, 0.15) is 24.8 Å². The molecule has 0 spiro atoms. The van der Waals surface area contributed by atoms with Gasteiger partial charge in [0.25, 0.3) is 0 Å². The number of aliphatic carboxylic acids is 2. The minimum atomic E-state index is -1.04. The zero-order valence-corrected chi connectivity index (χ0v) is 14.5. The van der Waals surface area contributed by atoms with Gasteiger partial charge in [-0.1, -0.05) is 11.8 Å². The smallest absolute Gasteiger partial charge is 0.317 e. The second-order valence-electron chi connectivity index (χ2n) is 6.06. The predicted molar refractivity (Wildman–Crippen MR) is 94.0 cm³/mol. The first kappa shape index (κ1) is 19.7. The minimum Gasteiger partial charge on any atom is -0.490 e. The maximum atomic E-state index is 10.7. The third-order valence-electron chi connectivity index (χ3n) is 3.82. The van der Waals surface area contributed by atoms with E-state index in [1.807, 2.05) is 6.07 Å². The largest absolute Gasteiger partial charge is 0.490 e. The summed E-state index contributed by atoms with van der Waals surface area (Å²) >= 11 is 0. The highest BCUT2D eigenvalue weighted by Crippen LogP contribution is 2.12. The van der Waals surface area contributed by atoms with Crippen LogP contribution in [-0.2, 0) is 9.59 Å². The van der Waals surface area contributed by atoms with Gasteiger partial charge in [0.1, 0.15) is 12.4 Å². The van der Waals surface area contributed by atoms with Crippen molar-refractivity contribution in [2.45, 2.75) is 25.3 Å². The summed E-state index contributed by atoms with van der Waals surface area (Å²) in [7, 11) is 0. The lowest BCUT2D eigenvalue weighted by Crippen LogP contribution is -2.46. The molecule has 1 aromatic heterocycles. The Bertz CT molecular complexity index is 663. The molecule has 1 atom stereocenters. The van der Waals surface area contributed by atoms with Crippen molar-refractivity contribution in [2.24, 2.45) is 0 Å². The first-order chi connectivity index (χ1) is 12.5. The van der Waals surface area contributed by atoms with E-state index in [-0.39, 0.29) is 13.1 Å². The van der Waals surface area contributed by atoms with Crippen LogP contribution in [0.2, 0.25) is 0 Å². The number of nitrogens with one attached hydrogen (secondary N) is 1. The molecular formula is C18H23N3O5. The van der Waals surface area contributed by atoms with Gasteiger partial charge in [0.2, 0.25) is 0 Å². The molecule has 0 aliphatic carbocycles. The Hall–Kier alpha value is -2.63.